The molecule has 30 heavy (non-hydrogen) atoms. The Kier molecular flexibility index (Phi) is 7.92. The number of nitrogens with one attached hydrogen (secondary N) is 2. The maximum atomic E-state index is 12.6. The summed E-state index contributed by atoms with van der Waals surface area (Å²) in [4.78, 5) is 25.0. The molecule has 0 spiro atoms. The van der Waals surface area contributed by atoms with Crippen LogP contribution in [0.15, 0.2) is 78.9 Å². The monoisotopic (exact) mass is 420 g/mol. The average molecular weight is 421 g/mol. The summed E-state index contributed by atoms with van der Waals surface area (Å²) in [6.07, 6.45) is 0. The molecular formula is C24H24N2O3S. The van der Waals surface area contributed by atoms with E-state index in [1.165, 1.54) is 11.8 Å². The van der Waals surface area contributed by atoms with Crippen LogP contribution in [0.4, 0.5) is 5.69 Å². The van der Waals surface area contributed by atoms with Crippen LogP contribution >= 0.6 is 11.8 Å². The predicted molar refractivity (Wildman–Crippen MR) is 122 cm³/mol. The van der Waals surface area contributed by atoms with Crippen LogP contribution in [-0.4, -0.2) is 24.7 Å². The SMILES string of the molecule is COc1ccc(CSCC(=O)Nc2ccccc2C(=O)NCc2ccccc2)cc1. The Bertz CT molecular complexity index is 975. The van der Waals surface area contributed by atoms with E-state index in [4.69, 9.17) is 4.74 Å². The number of anilines is 1. The highest BCUT2D eigenvalue weighted by Gasteiger charge is 2.13. The smallest absolute Gasteiger partial charge is 0.253 e. The van der Waals surface area contributed by atoms with Crippen molar-refractivity contribution in [3.8, 4) is 5.75 Å². The average Bonchev–Trinajstić information content (AvgIpc) is 2.79. The van der Waals surface area contributed by atoms with Gasteiger partial charge in [0.1, 0.15) is 5.75 Å². The van der Waals surface area contributed by atoms with Crippen molar-refractivity contribution in [2.45, 2.75) is 12.3 Å². The van der Waals surface area contributed by atoms with E-state index < -0.39 is 0 Å². The topological polar surface area (TPSA) is 67.4 Å². The first-order valence-electron chi connectivity index (χ1n) is 9.57. The number of hydrogen-bond donors (Lipinski definition) is 2. The largest absolute Gasteiger partial charge is 0.497 e. The molecule has 0 saturated carbocycles. The maximum Gasteiger partial charge on any atom is 0.253 e. The summed E-state index contributed by atoms with van der Waals surface area (Å²) in [5.41, 5.74) is 3.09. The Hall–Kier alpha value is -3.25. The number of thioether (sulfide) groups is 1. The van der Waals surface area contributed by atoms with Gasteiger partial charge in [-0.1, -0.05) is 54.6 Å². The molecule has 0 atom stereocenters. The van der Waals surface area contributed by atoms with Gasteiger partial charge in [0.15, 0.2) is 0 Å². The van der Waals surface area contributed by atoms with Gasteiger partial charge in [0.25, 0.3) is 5.91 Å². The molecule has 0 unspecified atom stereocenters. The fourth-order valence-corrected chi connectivity index (χ4v) is 3.62. The number of para-hydroxylation sites is 1. The minimum absolute atomic E-state index is 0.142. The van der Waals surface area contributed by atoms with Crippen LogP contribution in [0.1, 0.15) is 21.5 Å². The second kappa shape index (κ2) is 11.1. The molecule has 3 aromatic rings. The van der Waals surface area contributed by atoms with Crippen molar-refractivity contribution in [3.63, 3.8) is 0 Å². The van der Waals surface area contributed by atoms with E-state index in [-0.39, 0.29) is 11.8 Å². The van der Waals surface area contributed by atoms with Crippen LogP contribution < -0.4 is 15.4 Å². The number of ether oxygens (including phenoxy) is 1. The molecule has 6 heteroatoms. The zero-order valence-corrected chi connectivity index (χ0v) is 17.6. The third-order valence-electron chi connectivity index (χ3n) is 4.40. The van der Waals surface area contributed by atoms with Gasteiger partial charge >= 0.3 is 0 Å². The van der Waals surface area contributed by atoms with Crippen LogP contribution in [0.2, 0.25) is 0 Å². The Morgan fingerprint density at radius 1 is 0.867 bits per heavy atom. The first-order valence-corrected chi connectivity index (χ1v) is 10.7. The second-order valence-electron chi connectivity index (χ2n) is 6.60. The molecule has 2 amide bonds. The lowest BCUT2D eigenvalue weighted by Crippen LogP contribution is -2.25. The van der Waals surface area contributed by atoms with E-state index in [0.29, 0.717) is 23.5 Å². The van der Waals surface area contributed by atoms with E-state index in [0.717, 1.165) is 22.6 Å². The van der Waals surface area contributed by atoms with E-state index in [1.807, 2.05) is 54.6 Å². The van der Waals surface area contributed by atoms with Gasteiger partial charge in [-0.05, 0) is 35.4 Å². The number of methoxy groups -OCH3 is 1. The Morgan fingerprint density at radius 3 is 2.30 bits per heavy atom. The lowest BCUT2D eigenvalue weighted by atomic mass is 10.1. The van der Waals surface area contributed by atoms with Crippen LogP contribution in [0, 0.1) is 0 Å². The summed E-state index contributed by atoms with van der Waals surface area (Å²) in [7, 11) is 1.63. The Morgan fingerprint density at radius 2 is 1.57 bits per heavy atom. The third-order valence-corrected chi connectivity index (χ3v) is 5.41. The van der Waals surface area contributed by atoms with Gasteiger partial charge in [0.05, 0.1) is 24.1 Å². The minimum Gasteiger partial charge on any atom is -0.497 e. The van der Waals surface area contributed by atoms with Crippen LogP contribution in [-0.2, 0) is 17.1 Å². The summed E-state index contributed by atoms with van der Waals surface area (Å²) >= 11 is 1.52. The first kappa shape index (κ1) is 21.5. The summed E-state index contributed by atoms with van der Waals surface area (Å²) in [5, 5.41) is 5.75. The van der Waals surface area contributed by atoms with Crippen molar-refractivity contribution in [2.24, 2.45) is 0 Å². The number of benzene rings is 3. The van der Waals surface area contributed by atoms with Gasteiger partial charge in [0, 0.05) is 12.3 Å². The fourth-order valence-electron chi connectivity index (χ4n) is 2.83. The summed E-state index contributed by atoms with van der Waals surface area (Å²) in [6.45, 7) is 0.430. The zero-order chi connectivity index (χ0) is 21.2. The van der Waals surface area contributed by atoms with Crippen molar-refractivity contribution >= 4 is 29.3 Å². The Labute approximate surface area is 180 Å². The standard InChI is InChI=1S/C24H24N2O3S/c1-29-20-13-11-19(12-14-20)16-30-17-23(27)26-22-10-6-5-9-21(22)24(28)25-15-18-7-3-2-4-8-18/h2-14H,15-17H2,1H3,(H,25,28)(H,26,27). The summed E-state index contributed by atoms with van der Waals surface area (Å²) < 4.78 is 5.15. The number of carbonyl (C=O) groups excluding carboxylic acids is 2. The van der Waals surface area contributed by atoms with Gasteiger partial charge in [-0.2, -0.15) is 0 Å². The highest BCUT2D eigenvalue weighted by Crippen LogP contribution is 2.18. The van der Waals surface area contributed by atoms with Gasteiger partial charge < -0.3 is 15.4 Å². The van der Waals surface area contributed by atoms with E-state index in [2.05, 4.69) is 10.6 Å². The fraction of sp³-hybridized carbons (Fsp3) is 0.167. The molecule has 154 valence electrons. The first-order chi connectivity index (χ1) is 14.7. The number of hydrogen-bond acceptors (Lipinski definition) is 4. The molecular weight excluding hydrogens is 396 g/mol. The second-order valence-corrected chi connectivity index (χ2v) is 7.59. The molecule has 0 radical (unpaired) electrons. The van der Waals surface area contributed by atoms with Crippen LogP contribution in [0.5, 0.6) is 5.75 Å². The van der Waals surface area contributed by atoms with Gasteiger partial charge in [-0.25, -0.2) is 0 Å². The quantitative estimate of drug-likeness (QED) is 0.535. The normalized spacial score (nSPS) is 10.3. The van der Waals surface area contributed by atoms with Crippen LogP contribution in [0.3, 0.4) is 0 Å². The number of carbonyl (C=O) groups is 2. The van der Waals surface area contributed by atoms with Crippen molar-refractivity contribution in [2.75, 3.05) is 18.2 Å². The molecule has 0 bridgehead atoms. The van der Waals surface area contributed by atoms with Crippen molar-refractivity contribution in [1.82, 2.24) is 5.32 Å². The summed E-state index contributed by atoms with van der Waals surface area (Å²) in [5.74, 6) is 1.46. The van der Waals surface area contributed by atoms with E-state index >= 15 is 0 Å². The van der Waals surface area contributed by atoms with E-state index in [9.17, 15) is 9.59 Å². The predicted octanol–water partition coefficient (Wildman–Crippen LogP) is 4.50. The zero-order valence-electron chi connectivity index (χ0n) is 16.8. The minimum atomic E-state index is -0.222. The van der Waals surface area contributed by atoms with Crippen molar-refractivity contribution in [3.05, 3.63) is 95.6 Å². The Balaban J connectivity index is 1.51. The highest BCUT2D eigenvalue weighted by molar-refractivity contribution is 7.99. The molecule has 0 aromatic heterocycles. The summed E-state index contributed by atoms with van der Waals surface area (Å²) in [6, 6.07) is 24.5. The lowest BCUT2D eigenvalue weighted by molar-refractivity contribution is -0.113. The lowest BCUT2D eigenvalue weighted by Gasteiger charge is -2.11. The van der Waals surface area contributed by atoms with E-state index in [1.54, 1.807) is 31.4 Å². The molecule has 0 saturated heterocycles. The molecule has 0 fully saturated rings. The van der Waals surface area contributed by atoms with Crippen molar-refractivity contribution < 1.29 is 14.3 Å². The molecule has 0 aliphatic heterocycles. The molecule has 2 N–H and O–H groups in total. The number of amides is 2. The maximum absolute atomic E-state index is 12.6. The van der Waals surface area contributed by atoms with Crippen LogP contribution in [0.25, 0.3) is 0 Å². The van der Waals surface area contributed by atoms with Crippen molar-refractivity contribution in [1.29, 1.82) is 0 Å². The molecule has 3 aromatic carbocycles. The highest BCUT2D eigenvalue weighted by atomic mass is 32.2. The van der Waals surface area contributed by atoms with Gasteiger partial charge in [0.2, 0.25) is 5.91 Å². The molecule has 0 heterocycles. The molecule has 0 aliphatic rings. The van der Waals surface area contributed by atoms with Gasteiger partial charge in [-0.3, -0.25) is 9.59 Å². The molecule has 5 nitrogen and oxygen atoms in total. The molecule has 3 rings (SSSR count). The molecule has 0 aliphatic carbocycles. The third kappa shape index (κ3) is 6.39. The number of rotatable bonds is 9. The van der Waals surface area contributed by atoms with Gasteiger partial charge in [-0.15, -0.1) is 11.8 Å².